The Morgan fingerprint density at radius 3 is 1.85 bits per heavy atom. The van der Waals surface area contributed by atoms with E-state index in [-0.39, 0.29) is 0 Å². The molecular formula is C16H22BN2O. The van der Waals surface area contributed by atoms with Crippen LogP contribution in [0.25, 0.3) is 11.1 Å². The van der Waals surface area contributed by atoms with Crippen molar-refractivity contribution < 1.29 is 4.65 Å². The van der Waals surface area contributed by atoms with Gasteiger partial charge in [0.1, 0.15) is 0 Å². The summed E-state index contributed by atoms with van der Waals surface area (Å²) in [7, 11) is 1.56. The summed E-state index contributed by atoms with van der Waals surface area (Å²) in [6, 6.07) is 20.8. The third-order valence-electron chi connectivity index (χ3n) is 2.50. The second-order valence-electron chi connectivity index (χ2n) is 4.05. The lowest BCUT2D eigenvalue weighted by molar-refractivity contribution is 0.353. The van der Waals surface area contributed by atoms with Crippen LogP contribution in [0.4, 0.5) is 0 Å². The van der Waals surface area contributed by atoms with Gasteiger partial charge in [-0.15, -0.1) is 0 Å². The van der Waals surface area contributed by atoms with Gasteiger partial charge in [-0.1, -0.05) is 60.7 Å². The van der Waals surface area contributed by atoms with Crippen LogP contribution in [-0.4, -0.2) is 27.3 Å². The van der Waals surface area contributed by atoms with Crippen LogP contribution < -0.4 is 11.0 Å². The summed E-state index contributed by atoms with van der Waals surface area (Å²) < 4.78 is 4.84. The molecule has 105 valence electrons. The molecule has 0 fully saturated rings. The Bertz CT molecular complexity index is 393. The first kappa shape index (κ1) is 16.4. The molecule has 0 amide bonds. The van der Waals surface area contributed by atoms with E-state index in [1.807, 2.05) is 19.1 Å². The molecule has 3 nitrogen and oxygen atoms in total. The molecule has 2 aromatic carbocycles. The van der Waals surface area contributed by atoms with Gasteiger partial charge in [0.25, 0.3) is 0 Å². The van der Waals surface area contributed by atoms with Gasteiger partial charge < -0.3 is 15.6 Å². The fourth-order valence-corrected chi connectivity index (χ4v) is 1.55. The molecule has 3 N–H and O–H groups in total. The smallest absolute Gasteiger partial charge is 0.395 e. The first-order valence-electron chi connectivity index (χ1n) is 6.85. The minimum Gasteiger partial charge on any atom is -0.424 e. The van der Waals surface area contributed by atoms with E-state index in [1.165, 1.54) is 11.1 Å². The summed E-state index contributed by atoms with van der Waals surface area (Å²) in [4.78, 5) is 0. The van der Waals surface area contributed by atoms with Crippen molar-refractivity contribution in [2.24, 2.45) is 5.73 Å². The average Bonchev–Trinajstić information content (AvgIpc) is 2.54. The average molecular weight is 269 g/mol. The van der Waals surface area contributed by atoms with E-state index < -0.39 is 0 Å². The van der Waals surface area contributed by atoms with Crippen LogP contribution in [0, 0.1) is 0 Å². The molecular weight excluding hydrogens is 247 g/mol. The zero-order valence-electron chi connectivity index (χ0n) is 12.0. The molecule has 0 aliphatic heterocycles. The van der Waals surface area contributed by atoms with E-state index in [9.17, 15) is 0 Å². The van der Waals surface area contributed by atoms with E-state index in [0.29, 0.717) is 13.2 Å². The second-order valence-corrected chi connectivity index (χ2v) is 4.05. The van der Waals surface area contributed by atoms with Crippen LogP contribution in [0.15, 0.2) is 60.7 Å². The minimum absolute atomic E-state index is 0.642. The molecule has 0 saturated carbocycles. The molecule has 2 aromatic rings. The third kappa shape index (κ3) is 7.09. The molecule has 2 rings (SSSR count). The zero-order chi connectivity index (χ0) is 14.5. The second kappa shape index (κ2) is 11.2. The van der Waals surface area contributed by atoms with Crippen molar-refractivity contribution >= 4 is 7.62 Å². The minimum atomic E-state index is 0.642. The van der Waals surface area contributed by atoms with Crippen molar-refractivity contribution in [3.63, 3.8) is 0 Å². The predicted molar refractivity (Wildman–Crippen MR) is 86.3 cm³/mol. The van der Waals surface area contributed by atoms with Gasteiger partial charge >= 0.3 is 7.62 Å². The standard InChI is InChI=1S/C12H10.C4H12BN2O/c1-3-7-11(8-4-1)12-9-5-2-6-10-12;1-2-8-5-7-4-3-6/h1-10H;7H,2-4,6H2,1H3. The summed E-state index contributed by atoms with van der Waals surface area (Å²) in [6.07, 6.45) is 0. The Morgan fingerprint density at radius 2 is 1.45 bits per heavy atom. The summed E-state index contributed by atoms with van der Waals surface area (Å²) >= 11 is 0. The lowest BCUT2D eigenvalue weighted by atomic mass is 10.1. The van der Waals surface area contributed by atoms with Crippen LogP contribution in [-0.2, 0) is 4.65 Å². The molecule has 20 heavy (non-hydrogen) atoms. The van der Waals surface area contributed by atoms with Gasteiger partial charge in [0.2, 0.25) is 0 Å². The molecule has 0 bridgehead atoms. The third-order valence-corrected chi connectivity index (χ3v) is 2.50. The van der Waals surface area contributed by atoms with Crippen LogP contribution in [0.3, 0.4) is 0 Å². The molecule has 0 unspecified atom stereocenters. The highest BCUT2D eigenvalue weighted by atomic mass is 16.4. The van der Waals surface area contributed by atoms with E-state index in [2.05, 4.69) is 53.8 Å². The van der Waals surface area contributed by atoms with Gasteiger partial charge in [-0.3, -0.25) is 0 Å². The van der Waals surface area contributed by atoms with Crippen molar-refractivity contribution in [1.82, 2.24) is 5.23 Å². The highest BCUT2D eigenvalue weighted by Crippen LogP contribution is 2.17. The highest BCUT2D eigenvalue weighted by Gasteiger charge is 1.91. The van der Waals surface area contributed by atoms with E-state index in [1.54, 1.807) is 7.62 Å². The summed E-state index contributed by atoms with van der Waals surface area (Å²) in [5.74, 6) is 0. The van der Waals surface area contributed by atoms with Crippen molar-refractivity contribution in [3.8, 4) is 11.1 Å². The summed E-state index contributed by atoms with van der Waals surface area (Å²) in [6.45, 7) is 4.06. The van der Waals surface area contributed by atoms with Crippen molar-refractivity contribution in [2.45, 2.75) is 6.92 Å². The summed E-state index contributed by atoms with van der Waals surface area (Å²) in [5.41, 5.74) is 7.72. The van der Waals surface area contributed by atoms with E-state index >= 15 is 0 Å². The van der Waals surface area contributed by atoms with Gasteiger partial charge in [-0.25, -0.2) is 0 Å². The Hall–Kier alpha value is -1.62. The molecule has 0 heterocycles. The number of rotatable bonds is 6. The first-order valence-corrected chi connectivity index (χ1v) is 6.85. The molecule has 0 spiro atoms. The van der Waals surface area contributed by atoms with Crippen LogP contribution in [0.2, 0.25) is 0 Å². The predicted octanol–water partition coefficient (Wildman–Crippen LogP) is 2.46. The fourth-order valence-electron chi connectivity index (χ4n) is 1.55. The van der Waals surface area contributed by atoms with Crippen LogP contribution in [0.5, 0.6) is 0 Å². The number of benzene rings is 2. The Balaban J connectivity index is 0.000000221. The van der Waals surface area contributed by atoms with E-state index in [4.69, 9.17) is 10.4 Å². The van der Waals surface area contributed by atoms with Crippen LogP contribution in [0.1, 0.15) is 6.92 Å². The number of nitrogens with two attached hydrogens (primary N) is 1. The normalized spacial score (nSPS) is 9.50. The Kier molecular flexibility index (Phi) is 9.23. The molecule has 0 aliphatic rings. The molecule has 0 saturated heterocycles. The molecule has 1 radical (unpaired) electrons. The maximum absolute atomic E-state index is 5.17. The lowest BCUT2D eigenvalue weighted by Crippen LogP contribution is -2.27. The van der Waals surface area contributed by atoms with Crippen molar-refractivity contribution in [1.29, 1.82) is 0 Å². The van der Waals surface area contributed by atoms with E-state index in [0.717, 1.165) is 6.54 Å². The van der Waals surface area contributed by atoms with Crippen molar-refractivity contribution in [3.05, 3.63) is 60.7 Å². The van der Waals surface area contributed by atoms with Gasteiger partial charge in [0, 0.05) is 13.2 Å². The summed E-state index contributed by atoms with van der Waals surface area (Å²) in [5, 5.41) is 2.86. The zero-order valence-corrected chi connectivity index (χ0v) is 12.0. The van der Waals surface area contributed by atoms with Gasteiger partial charge in [-0.05, 0) is 24.6 Å². The maximum Gasteiger partial charge on any atom is 0.395 e. The number of hydrogen-bond acceptors (Lipinski definition) is 3. The monoisotopic (exact) mass is 269 g/mol. The van der Waals surface area contributed by atoms with Crippen LogP contribution >= 0.6 is 0 Å². The molecule has 0 atom stereocenters. The van der Waals surface area contributed by atoms with Gasteiger partial charge in [0.15, 0.2) is 0 Å². The largest absolute Gasteiger partial charge is 0.424 e. The molecule has 4 heteroatoms. The fraction of sp³-hybridized carbons (Fsp3) is 0.250. The first-order chi connectivity index (χ1) is 9.88. The Morgan fingerprint density at radius 1 is 0.950 bits per heavy atom. The van der Waals surface area contributed by atoms with Crippen molar-refractivity contribution in [2.75, 3.05) is 19.7 Å². The van der Waals surface area contributed by atoms with Gasteiger partial charge in [-0.2, -0.15) is 0 Å². The van der Waals surface area contributed by atoms with Gasteiger partial charge in [0.05, 0.1) is 0 Å². The Labute approximate surface area is 122 Å². The molecule has 0 aliphatic carbocycles. The topological polar surface area (TPSA) is 47.3 Å². The number of hydrogen-bond donors (Lipinski definition) is 2. The SMILES string of the molecule is CCO[B]NCCN.c1ccc(-c2ccccc2)cc1. The highest BCUT2D eigenvalue weighted by molar-refractivity contribution is 6.23. The number of nitrogens with one attached hydrogen (secondary N) is 1. The maximum atomic E-state index is 5.17. The lowest BCUT2D eigenvalue weighted by Gasteiger charge is -1.98. The quantitative estimate of drug-likeness (QED) is 0.625. The molecule has 0 aromatic heterocycles.